The van der Waals surface area contributed by atoms with Crippen LogP contribution in [0.4, 0.5) is 5.69 Å². The molecule has 0 bridgehead atoms. The summed E-state index contributed by atoms with van der Waals surface area (Å²) in [4.78, 5) is 21.1. The lowest BCUT2D eigenvalue weighted by atomic mass is 9.46. The van der Waals surface area contributed by atoms with E-state index in [1.165, 1.54) is 6.33 Å². The van der Waals surface area contributed by atoms with Crippen LogP contribution in [0, 0.1) is 11.3 Å². The first-order valence-electron chi connectivity index (χ1n) is 8.47. The average Bonchev–Trinajstić information content (AvgIpc) is 3.16. The second kappa shape index (κ2) is 7.71. The van der Waals surface area contributed by atoms with Crippen molar-refractivity contribution >= 4 is 36.4 Å². The molecule has 2 aliphatic rings. The lowest BCUT2D eigenvalue weighted by Gasteiger charge is -2.65. The van der Waals surface area contributed by atoms with Crippen molar-refractivity contribution in [2.75, 3.05) is 11.9 Å². The molecule has 10 heteroatoms. The van der Waals surface area contributed by atoms with Crippen LogP contribution in [0.1, 0.15) is 26.7 Å². The number of nitrogens with two attached hydrogens (primary N) is 1. The summed E-state index contributed by atoms with van der Waals surface area (Å²) in [7, 11) is 0. The third-order valence-corrected chi connectivity index (χ3v) is 5.72. The number of hydrogen-bond acceptors (Lipinski definition) is 6. The molecule has 3 atom stereocenters. The molecule has 1 aliphatic carbocycles. The van der Waals surface area contributed by atoms with E-state index in [4.69, 9.17) is 10.5 Å². The van der Waals surface area contributed by atoms with Crippen LogP contribution in [-0.2, 0) is 9.53 Å². The number of rotatable bonds is 3. The Balaban J connectivity index is 0.00000131. The van der Waals surface area contributed by atoms with Gasteiger partial charge in [-0.3, -0.25) is 4.79 Å². The Morgan fingerprint density at radius 2 is 2.15 bits per heavy atom. The molecule has 2 fully saturated rings. The van der Waals surface area contributed by atoms with Gasteiger partial charge in [-0.15, -0.1) is 24.8 Å². The van der Waals surface area contributed by atoms with E-state index in [0.29, 0.717) is 11.5 Å². The van der Waals surface area contributed by atoms with Gasteiger partial charge in [-0.25, -0.2) is 14.6 Å². The molecule has 1 saturated carbocycles. The first-order chi connectivity index (χ1) is 11.9. The number of fused-ring (bicyclic) bond motifs is 1. The van der Waals surface area contributed by atoms with Crippen LogP contribution in [0.2, 0.25) is 0 Å². The second-order valence-corrected chi connectivity index (χ2v) is 7.33. The fourth-order valence-corrected chi connectivity index (χ4v) is 4.19. The number of amides is 1. The number of halogens is 2. The van der Waals surface area contributed by atoms with Crippen molar-refractivity contribution in [3.05, 3.63) is 31.0 Å². The maximum atomic E-state index is 13.0. The molecule has 3 heterocycles. The Morgan fingerprint density at radius 3 is 2.78 bits per heavy atom. The number of carbonyl (C=O) groups excluding carboxylic acids is 1. The molecule has 8 nitrogen and oxygen atoms in total. The monoisotopic (exact) mass is 414 g/mol. The largest absolute Gasteiger partial charge is 0.377 e. The van der Waals surface area contributed by atoms with Crippen LogP contribution >= 0.6 is 24.8 Å². The van der Waals surface area contributed by atoms with Gasteiger partial charge in [0.25, 0.3) is 0 Å². The third kappa shape index (κ3) is 3.20. The second-order valence-electron chi connectivity index (χ2n) is 7.33. The van der Waals surface area contributed by atoms with E-state index >= 15 is 0 Å². The topological polar surface area (TPSA) is 108 Å². The fourth-order valence-electron chi connectivity index (χ4n) is 4.19. The molecule has 3 unspecified atom stereocenters. The summed E-state index contributed by atoms with van der Waals surface area (Å²) in [5.74, 6) is 0.501. The highest BCUT2D eigenvalue weighted by Crippen LogP contribution is 2.57. The van der Waals surface area contributed by atoms with Crippen molar-refractivity contribution in [3.63, 3.8) is 0 Å². The van der Waals surface area contributed by atoms with Gasteiger partial charge in [0.1, 0.15) is 18.2 Å². The summed E-state index contributed by atoms with van der Waals surface area (Å²) in [5, 5.41) is 6.94. The quantitative estimate of drug-likeness (QED) is 0.794. The van der Waals surface area contributed by atoms with Crippen LogP contribution in [0.3, 0.4) is 0 Å². The fraction of sp³-hybridized carbons (Fsp3) is 0.529. The number of pyridine rings is 1. The lowest BCUT2D eigenvalue weighted by Crippen LogP contribution is -2.81. The number of nitrogens with one attached hydrogen (secondary N) is 1. The molecule has 1 saturated heterocycles. The highest BCUT2D eigenvalue weighted by atomic mass is 35.5. The first kappa shape index (κ1) is 21.6. The molecular formula is C17H24Cl2N6O2. The maximum Gasteiger partial charge on any atom is 0.245 e. The van der Waals surface area contributed by atoms with E-state index in [9.17, 15) is 4.79 Å². The number of nitrogens with zero attached hydrogens (tertiary/aromatic N) is 4. The van der Waals surface area contributed by atoms with Crippen LogP contribution in [-0.4, -0.2) is 43.9 Å². The van der Waals surface area contributed by atoms with Crippen LogP contribution in [0.5, 0.6) is 0 Å². The molecule has 4 rings (SSSR count). The SMILES string of the molecule is CC1(C)C2OCCCC2C1(N)C(=O)Nc1ccc(-n2cncn2)nc1.Cl.Cl. The molecule has 0 aromatic carbocycles. The summed E-state index contributed by atoms with van der Waals surface area (Å²) in [5.41, 5.74) is 5.86. The number of aromatic nitrogens is 4. The summed E-state index contributed by atoms with van der Waals surface area (Å²) < 4.78 is 7.41. The molecule has 1 amide bonds. The Hall–Kier alpha value is -1.74. The molecule has 0 spiro atoms. The normalized spacial score (nSPS) is 28.0. The van der Waals surface area contributed by atoms with E-state index in [-0.39, 0.29) is 42.7 Å². The van der Waals surface area contributed by atoms with Gasteiger partial charge >= 0.3 is 0 Å². The van der Waals surface area contributed by atoms with E-state index in [1.54, 1.807) is 29.3 Å². The summed E-state index contributed by atoms with van der Waals surface area (Å²) >= 11 is 0. The van der Waals surface area contributed by atoms with Gasteiger partial charge in [-0.1, -0.05) is 13.8 Å². The predicted molar refractivity (Wildman–Crippen MR) is 105 cm³/mol. The zero-order valence-electron chi connectivity index (χ0n) is 15.2. The molecule has 0 radical (unpaired) electrons. The van der Waals surface area contributed by atoms with Gasteiger partial charge in [0, 0.05) is 17.9 Å². The summed E-state index contributed by atoms with van der Waals surface area (Å²) in [6.45, 7) is 4.76. The Bertz CT molecular complexity index is 783. The standard InChI is InChI=1S/C17H22N6O2.2ClH/c1-16(2)14-12(4-3-7-25-14)17(16,18)15(24)22-11-5-6-13(20-8-11)23-10-19-9-21-23;;/h5-6,8-10,12,14H,3-4,7,18H2,1-2H3,(H,22,24);2*1H. The minimum absolute atomic E-state index is 0. The summed E-state index contributed by atoms with van der Waals surface area (Å²) in [6, 6.07) is 3.55. The van der Waals surface area contributed by atoms with Crippen molar-refractivity contribution in [3.8, 4) is 5.82 Å². The van der Waals surface area contributed by atoms with Gasteiger partial charge in [0.15, 0.2) is 5.82 Å². The molecule has 2 aromatic rings. The van der Waals surface area contributed by atoms with Gasteiger partial charge in [0.05, 0.1) is 18.0 Å². The first-order valence-corrected chi connectivity index (χ1v) is 8.47. The number of hydrogen-bond donors (Lipinski definition) is 2. The highest BCUT2D eigenvalue weighted by molar-refractivity contribution is 6.00. The summed E-state index contributed by atoms with van der Waals surface area (Å²) in [6.07, 6.45) is 6.51. The van der Waals surface area contributed by atoms with Crippen LogP contribution in [0.25, 0.3) is 5.82 Å². The van der Waals surface area contributed by atoms with Gasteiger partial charge in [-0.2, -0.15) is 5.10 Å². The van der Waals surface area contributed by atoms with Crippen LogP contribution in [0.15, 0.2) is 31.0 Å². The zero-order chi connectivity index (χ0) is 17.7. The molecule has 2 aromatic heterocycles. The smallest absolute Gasteiger partial charge is 0.245 e. The molecular weight excluding hydrogens is 391 g/mol. The molecule has 1 aliphatic heterocycles. The van der Waals surface area contributed by atoms with Gasteiger partial charge in [0.2, 0.25) is 5.91 Å². The Morgan fingerprint density at radius 1 is 1.37 bits per heavy atom. The van der Waals surface area contributed by atoms with Gasteiger partial charge in [-0.05, 0) is 25.0 Å². The number of ether oxygens (including phenoxy) is 1. The van der Waals surface area contributed by atoms with Crippen LogP contribution < -0.4 is 11.1 Å². The van der Waals surface area contributed by atoms with Crippen molar-refractivity contribution in [2.24, 2.45) is 17.1 Å². The lowest BCUT2D eigenvalue weighted by molar-refractivity contribution is -0.222. The predicted octanol–water partition coefficient (Wildman–Crippen LogP) is 1.98. The van der Waals surface area contributed by atoms with E-state index in [1.807, 2.05) is 13.8 Å². The van der Waals surface area contributed by atoms with E-state index in [2.05, 4.69) is 20.4 Å². The number of anilines is 1. The molecule has 3 N–H and O–H groups in total. The number of carbonyl (C=O) groups is 1. The molecule has 148 valence electrons. The minimum atomic E-state index is -0.942. The van der Waals surface area contributed by atoms with Crippen molar-refractivity contribution in [1.29, 1.82) is 0 Å². The van der Waals surface area contributed by atoms with E-state index in [0.717, 1.165) is 19.4 Å². The minimum Gasteiger partial charge on any atom is -0.377 e. The maximum absolute atomic E-state index is 13.0. The Kier molecular flexibility index (Phi) is 6.16. The van der Waals surface area contributed by atoms with Crippen molar-refractivity contribution < 1.29 is 9.53 Å². The zero-order valence-corrected chi connectivity index (χ0v) is 16.8. The van der Waals surface area contributed by atoms with E-state index < -0.39 is 11.0 Å². The molecule has 27 heavy (non-hydrogen) atoms. The highest BCUT2D eigenvalue weighted by Gasteiger charge is 2.70. The Labute approximate surface area is 170 Å². The van der Waals surface area contributed by atoms with Crippen molar-refractivity contribution in [1.82, 2.24) is 19.7 Å². The average molecular weight is 415 g/mol. The van der Waals surface area contributed by atoms with Crippen molar-refractivity contribution in [2.45, 2.75) is 38.3 Å². The third-order valence-electron chi connectivity index (χ3n) is 5.72. The van der Waals surface area contributed by atoms with Gasteiger partial charge < -0.3 is 15.8 Å².